The predicted octanol–water partition coefficient (Wildman–Crippen LogP) is 6.20. The summed E-state index contributed by atoms with van der Waals surface area (Å²) in [4.78, 5) is 11.4. The van der Waals surface area contributed by atoms with E-state index in [1.807, 2.05) is 19.9 Å². The monoisotopic (exact) mass is 298 g/mol. The first-order valence-corrected chi connectivity index (χ1v) is 8.68. The fraction of sp³-hybridized carbons (Fsp3) is 0.842. The molecular formula is C19H36O2. The molecule has 0 amide bonds. The molecule has 2 atom stereocenters. The van der Waals surface area contributed by atoms with Gasteiger partial charge in [-0.3, -0.25) is 4.79 Å². The zero-order chi connectivity index (χ0) is 17.5. The number of esters is 1. The molecule has 0 N–H and O–H groups in total. The Bertz CT molecular complexity index is 316. The molecule has 0 spiro atoms. The van der Waals surface area contributed by atoms with Crippen molar-refractivity contribution in [3.63, 3.8) is 0 Å². The molecular weight excluding hydrogens is 260 g/mol. The highest BCUT2D eigenvalue weighted by molar-refractivity contribution is 5.69. The maximum absolute atomic E-state index is 11.4. The molecule has 0 bridgehead atoms. The van der Waals surface area contributed by atoms with Gasteiger partial charge in [0.15, 0.2) is 0 Å². The van der Waals surface area contributed by atoms with Crippen LogP contribution in [0.2, 0.25) is 0 Å². The molecule has 0 heterocycles. The lowest BCUT2D eigenvalue weighted by Crippen LogP contribution is -2.10. The molecule has 0 aliphatic heterocycles. The molecule has 0 aromatic carbocycles. The van der Waals surface area contributed by atoms with Gasteiger partial charge in [-0.25, -0.2) is 0 Å². The molecule has 0 aliphatic rings. The van der Waals surface area contributed by atoms with E-state index in [-0.39, 0.29) is 18.5 Å². The molecule has 21 heavy (non-hydrogen) atoms. The van der Waals surface area contributed by atoms with Crippen molar-refractivity contribution in [3.8, 4) is 0 Å². The van der Waals surface area contributed by atoms with Gasteiger partial charge in [-0.1, -0.05) is 70.4 Å². The van der Waals surface area contributed by atoms with E-state index < -0.39 is 6.40 Å². The van der Waals surface area contributed by atoms with Crippen LogP contribution in [-0.4, -0.2) is 12.1 Å². The molecule has 0 unspecified atom stereocenters. The van der Waals surface area contributed by atoms with Crippen LogP contribution in [0, 0.1) is 0 Å². The minimum atomic E-state index is -0.490. The molecule has 0 aromatic heterocycles. The molecule has 0 fully saturated rings. The second kappa shape index (κ2) is 15.6. The lowest BCUT2D eigenvalue weighted by atomic mass is 10.1. The molecule has 2 nitrogen and oxygen atoms in total. The van der Waals surface area contributed by atoms with E-state index in [1.165, 1.54) is 38.5 Å². The molecule has 0 aliphatic carbocycles. The average Bonchev–Trinajstić information content (AvgIpc) is 2.49. The normalized spacial score (nSPS) is 15.8. The van der Waals surface area contributed by atoms with E-state index in [2.05, 4.69) is 6.92 Å². The zero-order valence-corrected chi connectivity index (χ0v) is 14.3. The number of unbranched alkanes of at least 4 members (excludes halogenated alkanes) is 6. The summed E-state index contributed by atoms with van der Waals surface area (Å²) in [5.74, 6) is -0.198. The Kier molecular flexibility index (Phi) is 12.3. The largest absolute Gasteiger partial charge is 0.463 e. The Labute approximate surface area is 135 Å². The number of ether oxygens (including phenoxy) is 1. The van der Waals surface area contributed by atoms with Gasteiger partial charge in [0.1, 0.15) is 0 Å². The van der Waals surface area contributed by atoms with Crippen LogP contribution >= 0.6 is 0 Å². The fourth-order valence-corrected chi connectivity index (χ4v) is 2.09. The van der Waals surface area contributed by atoms with Gasteiger partial charge < -0.3 is 4.74 Å². The third kappa shape index (κ3) is 17.2. The maximum atomic E-state index is 11.4. The number of hydrogen-bond donors (Lipinski definition) is 0. The second-order valence-corrected chi connectivity index (χ2v) is 5.84. The van der Waals surface area contributed by atoms with Gasteiger partial charge in [-0.2, -0.15) is 0 Å². The first-order valence-electron chi connectivity index (χ1n) is 9.83. The van der Waals surface area contributed by atoms with Crippen molar-refractivity contribution >= 4 is 5.97 Å². The third-order valence-electron chi connectivity index (χ3n) is 3.24. The molecule has 0 aromatic rings. The number of rotatable bonds is 14. The summed E-state index contributed by atoms with van der Waals surface area (Å²) in [5.41, 5.74) is 0. The number of hydrogen-bond acceptors (Lipinski definition) is 2. The van der Waals surface area contributed by atoms with Gasteiger partial charge in [0.05, 0.1) is 6.10 Å². The standard InChI is InChI=1S/C19H36O2/c1-4-5-6-7-8-9-10-11-12-13-14-15-16-17-19(20)21-18(2)3/h14-15,18H,4-13,16-17H2,1-3H3/b15-14-/i12D,13D/t12-,13-/m1/s1. The highest BCUT2D eigenvalue weighted by Gasteiger charge is 2.02. The van der Waals surface area contributed by atoms with Crippen molar-refractivity contribution in [1.29, 1.82) is 0 Å². The summed E-state index contributed by atoms with van der Waals surface area (Å²) in [6.07, 6.45) is 13.1. The quantitative estimate of drug-likeness (QED) is 0.217. The molecule has 0 rings (SSSR count). The Morgan fingerprint density at radius 3 is 2.29 bits per heavy atom. The highest BCUT2D eigenvalue weighted by Crippen LogP contribution is 2.10. The van der Waals surface area contributed by atoms with E-state index in [0.717, 1.165) is 12.8 Å². The second-order valence-electron chi connectivity index (χ2n) is 5.84. The van der Waals surface area contributed by atoms with Gasteiger partial charge in [-0.05, 0) is 33.1 Å². The summed E-state index contributed by atoms with van der Waals surface area (Å²) < 4.78 is 21.0. The average molecular weight is 299 g/mol. The Morgan fingerprint density at radius 1 is 1.05 bits per heavy atom. The van der Waals surface area contributed by atoms with Crippen molar-refractivity contribution in [2.24, 2.45) is 0 Å². The lowest BCUT2D eigenvalue weighted by Gasteiger charge is -2.06. The van der Waals surface area contributed by atoms with Crippen LogP contribution < -0.4 is 0 Å². The van der Waals surface area contributed by atoms with Crippen molar-refractivity contribution < 1.29 is 12.3 Å². The summed E-state index contributed by atoms with van der Waals surface area (Å²) in [6.45, 7) is 5.89. The van der Waals surface area contributed by atoms with Crippen LogP contribution in [0.15, 0.2) is 12.2 Å². The minimum absolute atomic E-state index is 0.0741. The van der Waals surface area contributed by atoms with Crippen LogP contribution in [0.1, 0.15) is 101 Å². The highest BCUT2D eigenvalue weighted by atomic mass is 16.5. The van der Waals surface area contributed by atoms with Crippen LogP contribution in [0.4, 0.5) is 0 Å². The van der Waals surface area contributed by atoms with E-state index >= 15 is 0 Å². The van der Waals surface area contributed by atoms with Gasteiger partial charge in [-0.15, -0.1) is 0 Å². The van der Waals surface area contributed by atoms with Crippen LogP contribution in [0.5, 0.6) is 0 Å². The Morgan fingerprint density at radius 2 is 1.67 bits per heavy atom. The van der Waals surface area contributed by atoms with Crippen molar-refractivity contribution in [2.45, 2.75) is 104 Å². The van der Waals surface area contributed by atoms with E-state index in [0.29, 0.717) is 12.8 Å². The topological polar surface area (TPSA) is 26.3 Å². The van der Waals surface area contributed by atoms with Crippen molar-refractivity contribution in [2.75, 3.05) is 0 Å². The number of allylic oxidation sites excluding steroid dienone is 2. The lowest BCUT2D eigenvalue weighted by molar-refractivity contribution is -0.147. The van der Waals surface area contributed by atoms with E-state index in [1.54, 1.807) is 6.08 Å². The van der Waals surface area contributed by atoms with Crippen LogP contribution in [0.25, 0.3) is 0 Å². The predicted molar refractivity (Wildman–Crippen MR) is 91.4 cm³/mol. The molecule has 0 saturated carbocycles. The smallest absolute Gasteiger partial charge is 0.306 e. The van der Waals surface area contributed by atoms with E-state index in [9.17, 15) is 4.79 Å². The Balaban J connectivity index is 3.66. The number of carbonyl (C=O) groups excluding carboxylic acids is 1. The van der Waals surface area contributed by atoms with Crippen LogP contribution in [0.3, 0.4) is 0 Å². The van der Waals surface area contributed by atoms with Gasteiger partial charge >= 0.3 is 5.97 Å². The maximum Gasteiger partial charge on any atom is 0.306 e. The molecule has 0 saturated heterocycles. The first-order chi connectivity index (χ1) is 11.0. The SMILES string of the molecule is [2H][C@H](CCCCCCCCC)[C@@H]([2H])/C=C\CCC(=O)OC(C)C. The van der Waals surface area contributed by atoms with Crippen molar-refractivity contribution in [1.82, 2.24) is 0 Å². The van der Waals surface area contributed by atoms with Gasteiger partial charge in [0.25, 0.3) is 0 Å². The summed E-state index contributed by atoms with van der Waals surface area (Å²) in [5, 5.41) is 0. The molecule has 2 heteroatoms. The summed E-state index contributed by atoms with van der Waals surface area (Å²) >= 11 is 0. The minimum Gasteiger partial charge on any atom is -0.463 e. The fourth-order valence-electron chi connectivity index (χ4n) is 2.09. The summed E-state index contributed by atoms with van der Waals surface area (Å²) in [7, 11) is 0. The zero-order valence-electron chi connectivity index (χ0n) is 16.3. The molecule has 124 valence electrons. The summed E-state index contributed by atoms with van der Waals surface area (Å²) in [6, 6.07) is 0. The van der Waals surface area contributed by atoms with Gasteiger partial charge in [0, 0.05) is 9.16 Å². The molecule has 0 radical (unpaired) electrons. The van der Waals surface area contributed by atoms with Gasteiger partial charge in [0.2, 0.25) is 0 Å². The van der Waals surface area contributed by atoms with Crippen LogP contribution in [-0.2, 0) is 9.53 Å². The third-order valence-corrected chi connectivity index (χ3v) is 3.24. The van der Waals surface area contributed by atoms with Crippen molar-refractivity contribution in [3.05, 3.63) is 12.2 Å². The van der Waals surface area contributed by atoms with E-state index in [4.69, 9.17) is 7.48 Å². The first kappa shape index (κ1) is 16.6. The number of carbonyl (C=O) groups is 1. The Hall–Kier alpha value is -0.790.